The molecule has 0 saturated carbocycles. The highest BCUT2D eigenvalue weighted by atomic mass is 32.1. The number of hydrogen-bond donors (Lipinski definition) is 0. The van der Waals surface area contributed by atoms with Crippen LogP contribution in [0.1, 0.15) is 30.4 Å². The van der Waals surface area contributed by atoms with E-state index in [1.54, 1.807) is 0 Å². The number of thiophene rings is 1. The summed E-state index contributed by atoms with van der Waals surface area (Å²) in [4.78, 5) is 2.56. The van der Waals surface area contributed by atoms with Crippen LogP contribution in [0.25, 0.3) is 58.8 Å². The van der Waals surface area contributed by atoms with Crippen molar-refractivity contribution in [3.05, 3.63) is 187 Å². The molecule has 0 N–H and O–H groups in total. The van der Waals surface area contributed by atoms with Gasteiger partial charge in [-0.1, -0.05) is 134 Å². The highest BCUT2D eigenvalue weighted by Crippen LogP contribution is 2.44. The lowest BCUT2D eigenvalue weighted by Crippen LogP contribution is -2.30. The van der Waals surface area contributed by atoms with Crippen LogP contribution in [-0.4, -0.2) is 10.6 Å². The number of allylic oxidation sites excluding steroid dienone is 6. The first kappa shape index (κ1) is 30.0. The molecule has 2 aromatic heterocycles. The van der Waals surface area contributed by atoms with Crippen molar-refractivity contribution in [1.82, 2.24) is 4.57 Å². The van der Waals surface area contributed by atoms with Gasteiger partial charge in [0.1, 0.15) is 0 Å². The zero-order chi connectivity index (χ0) is 33.7. The Morgan fingerprint density at radius 2 is 1.27 bits per heavy atom. The van der Waals surface area contributed by atoms with Crippen molar-refractivity contribution in [3.63, 3.8) is 0 Å². The van der Waals surface area contributed by atoms with Crippen LogP contribution in [0.5, 0.6) is 0 Å². The average Bonchev–Trinajstić information content (AvgIpc) is 3.75. The Bertz CT molecular complexity index is 2680. The predicted octanol–water partition coefficient (Wildman–Crippen LogP) is 13.4. The zero-order valence-corrected chi connectivity index (χ0v) is 29.1. The van der Waals surface area contributed by atoms with E-state index < -0.39 is 0 Å². The number of benzene rings is 6. The van der Waals surface area contributed by atoms with Gasteiger partial charge < -0.3 is 9.47 Å². The van der Waals surface area contributed by atoms with Crippen molar-refractivity contribution in [2.75, 3.05) is 4.90 Å². The van der Waals surface area contributed by atoms with Gasteiger partial charge in [0.05, 0.1) is 33.1 Å². The molecule has 10 rings (SSSR count). The predicted molar refractivity (Wildman–Crippen MR) is 221 cm³/mol. The third-order valence-electron chi connectivity index (χ3n) is 10.6. The topological polar surface area (TPSA) is 8.17 Å². The van der Waals surface area contributed by atoms with Crippen molar-refractivity contribution in [1.29, 1.82) is 0 Å². The summed E-state index contributed by atoms with van der Waals surface area (Å²) < 4.78 is 5.10. The molecule has 0 fully saturated rings. The minimum Gasteiger partial charge on any atom is -0.333 e. The maximum absolute atomic E-state index is 2.56. The first-order valence-electron chi connectivity index (χ1n) is 17.9. The molecule has 1 unspecified atom stereocenters. The molecule has 2 aliphatic rings. The largest absolute Gasteiger partial charge is 0.333 e. The zero-order valence-electron chi connectivity index (χ0n) is 28.2. The maximum atomic E-state index is 2.56. The molecular weight excluding hydrogens is 637 g/mol. The Labute approximate surface area is 302 Å². The standard InChI is InChI=1S/C48H36N2S/c1-2-13-33(14-3-1)34-25-29-36(30-26-34)49(46-23-12-19-42-41-18-7-11-24-47(41)51-48(42)46)37-31-27-35(28-32-37)38-15-4-8-20-43(38)50-44-21-9-5-16-39(44)40-17-6-10-22-45(40)50/h2,4-31,37H,1,3,32H2. The Hall–Kier alpha value is -5.90. The Morgan fingerprint density at radius 1 is 0.569 bits per heavy atom. The second-order valence-corrected chi connectivity index (χ2v) is 14.6. The monoisotopic (exact) mass is 672 g/mol. The smallest absolute Gasteiger partial charge is 0.0598 e. The number of anilines is 2. The van der Waals surface area contributed by atoms with Crippen LogP contribution in [0.3, 0.4) is 0 Å². The van der Waals surface area contributed by atoms with Gasteiger partial charge in [0.25, 0.3) is 0 Å². The van der Waals surface area contributed by atoms with Gasteiger partial charge in [-0.2, -0.15) is 0 Å². The van der Waals surface area contributed by atoms with E-state index in [9.17, 15) is 0 Å². The van der Waals surface area contributed by atoms with Crippen LogP contribution in [0, 0.1) is 0 Å². The summed E-state index contributed by atoms with van der Waals surface area (Å²) in [6.07, 6.45) is 17.3. The van der Waals surface area contributed by atoms with E-state index in [1.165, 1.54) is 81.3 Å². The Kier molecular flexibility index (Phi) is 7.32. The SMILES string of the molecule is C1=CC(c2ccc(N(c3cccc4c3sc3ccccc34)C3C=CC(c4ccccc4-n4c5ccccc5c5ccccc54)=CC3)cc2)=CCC1. The Balaban J connectivity index is 1.07. The highest BCUT2D eigenvalue weighted by molar-refractivity contribution is 7.26. The van der Waals surface area contributed by atoms with Crippen molar-refractivity contribution in [2.24, 2.45) is 0 Å². The molecule has 0 bridgehead atoms. The highest BCUT2D eigenvalue weighted by Gasteiger charge is 2.25. The number of para-hydroxylation sites is 3. The molecule has 8 aromatic rings. The maximum Gasteiger partial charge on any atom is 0.0598 e. The number of nitrogens with zero attached hydrogens (tertiary/aromatic N) is 2. The summed E-state index contributed by atoms with van der Waals surface area (Å²) in [5, 5.41) is 5.21. The normalized spacial score (nSPS) is 15.9. The molecule has 0 amide bonds. The van der Waals surface area contributed by atoms with Crippen molar-refractivity contribution in [3.8, 4) is 5.69 Å². The molecule has 3 heteroatoms. The van der Waals surface area contributed by atoms with E-state index in [2.05, 4.69) is 185 Å². The molecule has 51 heavy (non-hydrogen) atoms. The molecule has 0 spiro atoms. The summed E-state index contributed by atoms with van der Waals surface area (Å²) >= 11 is 1.90. The Morgan fingerprint density at radius 3 is 2.02 bits per heavy atom. The van der Waals surface area contributed by atoms with Gasteiger partial charge in [0.15, 0.2) is 0 Å². The molecule has 0 radical (unpaired) electrons. The van der Waals surface area contributed by atoms with Gasteiger partial charge in [-0.25, -0.2) is 0 Å². The van der Waals surface area contributed by atoms with Crippen LogP contribution >= 0.6 is 11.3 Å². The van der Waals surface area contributed by atoms with E-state index in [-0.39, 0.29) is 6.04 Å². The number of hydrogen-bond acceptors (Lipinski definition) is 2. The third-order valence-corrected chi connectivity index (χ3v) is 11.8. The van der Waals surface area contributed by atoms with Crippen LogP contribution < -0.4 is 4.90 Å². The van der Waals surface area contributed by atoms with Gasteiger partial charge >= 0.3 is 0 Å². The first-order chi connectivity index (χ1) is 25.3. The lowest BCUT2D eigenvalue weighted by molar-refractivity contribution is 0.789. The molecule has 0 aliphatic heterocycles. The third kappa shape index (κ3) is 5.08. The second-order valence-electron chi connectivity index (χ2n) is 13.5. The van der Waals surface area contributed by atoms with Crippen LogP contribution in [0.2, 0.25) is 0 Å². The molecule has 2 heterocycles. The fraction of sp³-hybridized carbons (Fsp3) is 0.0833. The molecule has 2 aliphatic carbocycles. The van der Waals surface area contributed by atoms with Crippen LogP contribution in [0.4, 0.5) is 11.4 Å². The fourth-order valence-corrected chi connectivity index (χ4v) is 9.38. The minimum atomic E-state index is 0.157. The lowest BCUT2D eigenvalue weighted by atomic mass is 9.94. The summed E-state index contributed by atoms with van der Waals surface area (Å²) in [5.74, 6) is 0. The number of rotatable bonds is 6. The van der Waals surface area contributed by atoms with E-state index in [1.807, 2.05) is 11.3 Å². The number of fused-ring (bicyclic) bond motifs is 6. The van der Waals surface area contributed by atoms with Crippen molar-refractivity contribution in [2.45, 2.75) is 25.3 Å². The van der Waals surface area contributed by atoms with Gasteiger partial charge in [-0.05, 0) is 78.4 Å². The first-order valence-corrected chi connectivity index (χ1v) is 18.8. The minimum absolute atomic E-state index is 0.157. The molecule has 0 saturated heterocycles. The summed E-state index contributed by atoms with van der Waals surface area (Å²) in [7, 11) is 0. The molecule has 1 atom stereocenters. The van der Waals surface area contributed by atoms with Crippen molar-refractivity contribution >= 4 is 75.8 Å². The summed E-state index contributed by atoms with van der Waals surface area (Å²) in [6, 6.07) is 51.4. The molecule has 244 valence electrons. The van der Waals surface area contributed by atoms with E-state index >= 15 is 0 Å². The second kappa shape index (κ2) is 12.5. The van der Waals surface area contributed by atoms with Gasteiger partial charge in [0, 0.05) is 37.5 Å². The number of aromatic nitrogens is 1. The van der Waals surface area contributed by atoms with Crippen molar-refractivity contribution < 1.29 is 0 Å². The summed E-state index contributed by atoms with van der Waals surface area (Å²) in [5.41, 5.74) is 11.2. The average molecular weight is 673 g/mol. The van der Waals surface area contributed by atoms with Gasteiger partial charge in [-0.3, -0.25) is 0 Å². The molecular formula is C48H36N2S. The molecule has 2 nitrogen and oxygen atoms in total. The van der Waals surface area contributed by atoms with Gasteiger partial charge in [-0.15, -0.1) is 11.3 Å². The fourth-order valence-electron chi connectivity index (χ4n) is 8.17. The van der Waals surface area contributed by atoms with E-state index in [0.717, 1.165) is 19.3 Å². The van der Waals surface area contributed by atoms with Gasteiger partial charge in [0.2, 0.25) is 0 Å². The quantitative estimate of drug-likeness (QED) is 0.171. The summed E-state index contributed by atoms with van der Waals surface area (Å²) in [6.45, 7) is 0. The van der Waals surface area contributed by atoms with Crippen LogP contribution in [0.15, 0.2) is 176 Å². The van der Waals surface area contributed by atoms with E-state index in [0.29, 0.717) is 0 Å². The van der Waals surface area contributed by atoms with Crippen LogP contribution in [-0.2, 0) is 0 Å². The molecule has 6 aromatic carbocycles. The lowest BCUT2D eigenvalue weighted by Gasteiger charge is -2.34. The van der Waals surface area contributed by atoms with E-state index in [4.69, 9.17) is 0 Å².